The van der Waals surface area contributed by atoms with Crippen molar-refractivity contribution in [1.29, 1.82) is 0 Å². The lowest BCUT2D eigenvalue weighted by molar-refractivity contribution is 0.268. The number of ether oxygens (including phenoxy) is 1. The highest BCUT2D eigenvalue weighted by molar-refractivity contribution is 5.42. The van der Waals surface area contributed by atoms with Crippen molar-refractivity contribution in [1.82, 2.24) is 0 Å². The van der Waals surface area contributed by atoms with Gasteiger partial charge < -0.3 is 10.5 Å². The average Bonchev–Trinajstić information content (AvgIpc) is 2.16. The largest absolute Gasteiger partial charge is 0.493 e. The molecule has 0 amide bonds. The summed E-state index contributed by atoms with van der Waals surface area (Å²) in [4.78, 5) is 0. The van der Waals surface area contributed by atoms with E-state index < -0.39 is 0 Å². The van der Waals surface area contributed by atoms with E-state index in [1.54, 1.807) is 0 Å². The lowest BCUT2D eigenvalue weighted by Gasteiger charge is -2.26. The van der Waals surface area contributed by atoms with Crippen LogP contribution in [0.15, 0.2) is 18.2 Å². The number of benzene rings is 1. The maximum atomic E-state index is 6.03. The van der Waals surface area contributed by atoms with Crippen LogP contribution in [0.4, 0.5) is 0 Å². The molecule has 2 heteroatoms. The van der Waals surface area contributed by atoms with Crippen molar-refractivity contribution >= 4 is 0 Å². The number of rotatable bonds is 0. The second-order valence-corrected chi connectivity index (χ2v) is 5.25. The first-order chi connectivity index (χ1) is 6.98. The minimum Gasteiger partial charge on any atom is -0.493 e. The number of hydrogen-bond donors (Lipinski definition) is 1. The minimum absolute atomic E-state index is 0.141. The summed E-state index contributed by atoms with van der Waals surface area (Å²) in [5.41, 5.74) is 8.64. The predicted molar refractivity (Wildman–Crippen MR) is 62.2 cm³/mol. The summed E-state index contributed by atoms with van der Waals surface area (Å²) < 4.78 is 5.65. The van der Waals surface area contributed by atoms with E-state index in [1.165, 1.54) is 5.56 Å². The van der Waals surface area contributed by atoms with Crippen LogP contribution >= 0.6 is 0 Å². The molecule has 1 aliphatic heterocycles. The van der Waals surface area contributed by atoms with Crippen LogP contribution in [0.2, 0.25) is 0 Å². The molecule has 1 aromatic carbocycles. The topological polar surface area (TPSA) is 35.2 Å². The summed E-state index contributed by atoms with van der Waals surface area (Å²) >= 11 is 0. The van der Waals surface area contributed by atoms with E-state index >= 15 is 0 Å². The van der Waals surface area contributed by atoms with Crippen molar-refractivity contribution in [2.45, 2.75) is 38.6 Å². The Kier molecular flexibility index (Phi) is 2.47. The fourth-order valence-electron chi connectivity index (χ4n) is 1.88. The van der Waals surface area contributed by atoms with Crippen LogP contribution < -0.4 is 10.5 Å². The van der Waals surface area contributed by atoms with Crippen LogP contribution in [0.5, 0.6) is 5.75 Å². The second kappa shape index (κ2) is 3.53. The van der Waals surface area contributed by atoms with Gasteiger partial charge in [-0.15, -0.1) is 0 Å². The van der Waals surface area contributed by atoms with Gasteiger partial charge in [0.1, 0.15) is 5.75 Å². The van der Waals surface area contributed by atoms with Gasteiger partial charge in [0.25, 0.3) is 0 Å². The molecule has 0 saturated carbocycles. The Labute approximate surface area is 91.4 Å². The van der Waals surface area contributed by atoms with Gasteiger partial charge in [-0.3, -0.25) is 0 Å². The average molecular weight is 205 g/mol. The molecule has 0 fully saturated rings. The van der Waals surface area contributed by atoms with E-state index in [2.05, 4.69) is 39.0 Å². The van der Waals surface area contributed by atoms with E-state index in [9.17, 15) is 0 Å². The predicted octanol–water partition coefficient (Wildman–Crippen LogP) is 2.77. The van der Waals surface area contributed by atoms with Crippen LogP contribution in [-0.4, -0.2) is 6.61 Å². The molecule has 0 radical (unpaired) electrons. The van der Waals surface area contributed by atoms with Crippen molar-refractivity contribution in [2.75, 3.05) is 6.61 Å². The second-order valence-electron chi connectivity index (χ2n) is 5.25. The molecule has 1 aromatic rings. The minimum atomic E-state index is 0.141. The van der Waals surface area contributed by atoms with Gasteiger partial charge in [-0.25, -0.2) is 0 Å². The normalized spacial score (nSPS) is 20.7. The number of fused-ring (bicyclic) bond motifs is 1. The lowest BCUT2D eigenvalue weighted by Crippen LogP contribution is -2.21. The zero-order valence-electron chi connectivity index (χ0n) is 9.71. The Morgan fingerprint density at radius 1 is 1.33 bits per heavy atom. The maximum Gasteiger partial charge on any atom is 0.124 e. The Morgan fingerprint density at radius 2 is 2.07 bits per heavy atom. The van der Waals surface area contributed by atoms with Crippen LogP contribution in [0.1, 0.15) is 44.4 Å². The molecule has 1 aliphatic rings. The molecule has 0 unspecified atom stereocenters. The van der Waals surface area contributed by atoms with Gasteiger partial charge >= 0.3 is 0 Å². The van der Waals surface area contributed by atoms with Crippen LogP contribution in [0, 0.1) is 0 Å². The Morgan fingerprint density at radius 3 is 2.73 bits per heavy atom. The van der Waals surface area contributed by atoms with Crippen molar-refractivity contribution < 1.29 is 4.74 Å². The lowest BCUT2D eigenvalue weighted by atomic mass is 9.85. The van der Waals surface area contributed by atoms with Crippen LogP contribution in [-0.2, 0) is 5.41 Å². The smallest absolute Gasteiger partial charge is 0.124 e. The van der Waals surface area contributed by atoms with Crippen molar-refractivity contribution in [3.8, 4) is 5.75 Å². The third kappa shape index (κ3) is 2.00. The quantitative estimate of drug-likeness (QED) is 0.707. The molecular weight excluding hydrogens is 186 g/mol. The summed E-state index contributed by atoms with van der Waals surface area (Å²) in [6.07, 6.45) is 0.919. The van der Waals surface area contributed by atoms with Gasteiger partial charge in [0.05, 0.1) is 6.61 Å². The SMILES string of the molecule is CC(C)(C)c1ccc2c(c1)OCC[C@H]2N. The van der Waals surface area contributed by atoms with Gasteiger partial charge in [-0.2, -0.15) is 0 Å². The molecule has 82 valence electrons. The van der Waals surface area contributed by atoms with E-state index in [0.717, 1.165) is 24.3 Å². The summed E-state index contributed by atoms with van der Waals surface area (Å²) in [6, 6.07) is 6.55. The monoisotopic (exact) mass is 205 g/mol. The van der Waals surface area contributed by atoms with Gasteiger partial charge in [0.15, 0.2) is 0 Å². The van der Waals surface area contributed by atoms with Gasteiger partial charge in [-0.1, -0.05) is 32.9 Å². The molecular formula is C13H19NO. The summed E-state index contributed by atoms with van der Waals surface area (Å²) in [6.45, 7) is 7.36. The zero-order valence-corrected chi connectivity index (χ0v) is 9.71. The Bertz CT molecular complexity index is 365. The van der Waals surface area contributed by atoms with E-state index in [0.29, 0.717) is 0 Å². The molecule has 0 bridgehead atoms. The molecule has 1 heterocycles. The van der Waals surface area contributed by atoms with Gasteiger partial charge in [0, 0.05) is 18.0 Å². The van der Waals surface area contributed by atoms with Crippen LogP contribution in [0.25, 0.3) is 0 Å². The third-order valence-electron chi connectivity index (χ3n) is 2.97. The molecule has 2 rings (SSSR count). The van der Waals surface area contributed by atoms with Crippen molar-refractivity contribution in [2.24, 2.45) is 5.73 Å². The fraction of sp³-hybridized carbons (Fsp3) is 0.538. The summed E-state index contributed by atoms with van der Waals surface area (Å²) in [5, 5.41) is 0. The Hall–Kier alpha value is -1.02. The van der Waals surface area contributed by atoms with Gasteiger partial charge in [0.2, 0.25) is 0 Å². The molecule has 0 aliphatic carbocycles. The highest BCUT2D eigenvalue weighted by Crippen LogP contribution is 2.34. The first-order valence-corrected chi connectivity index (χ1v) is 5.51. The van der Waals surface area contributed by atoms with E-state index in [1.807, 2.05) is 0 Å². The molecule has 15 heavy (non-hydrogen) atoms. The van der Waals surface area contributed by atoms with E-state index in [4.69, 9.17) is 10.5 Å². The van der Waals surface area contributed by atoms with E-state index in [-0.39, 0.29) is 11.5 Å². The number of nitrogens with two attached hydrogens (primary N) is 1. The van der Waals surface area contributed by atoms with Crippen molar-refractivity contribution in [3.63, 3.8) is 0 Å². The standard InChI is InChI=1S/C13H19NO/c1-13(2,3)9-4-5-10-11(14)6-7-15-12(10)8-9/h4-5,8,11H,6-7,14H2,1-3H3/t11-/m1/s1. The molecule has 0 spiro atoms. The van der Waals surface area contributed by atoms with Gasteiger partial charge in [-0.05, 0) is 17.0 Å². The van der Waals surface area contributed by atoms with Crippen molar-refractivity contribution in [3.05, 3.63) is 29.3 Å². The van der Waals surface area contributed by atoms with Crippen LogP contribution in [0.3, 0.4) is 0 Å². The third-order valence-corrected chi connectivity index (χ3v) is 2.97. The molecule has 0 aromatic heterocycles. The summed E-state index contributed by atoms with van der Waals surface area (Å²) in [5.74, 6) is 0.973. The zero-order chi connectivity index (χ0) is 11.1. The summed E-state index contributed by atoms with van der Waals surface area (Å²) in [7, 11) is 0. The molecule has 2 nitrogen and oxygen atoms in total. The molecule has 1 atom stereocenters. The number of hydrogen-bond acceptors (Lipinski definition) is 2. The molecule has 0 saturated heterocycles. The highest BCUT2D eigenvalue weighted by Gasteiger charge is 2.21. The molecule has 2 N–H and O–H groups in total. The first-order valence-electron chi connectivity index (χ1n) is 5.51. The first kappa shape index (κ1) is 10.5. The Balaban J connectivity index is 2.42. The highest BCUT2D eigenvalue weighted by atomic mass is 16.5. The fourth-order valence-corrected chi connectivity index (χ4v) is 1.88. The maximum absolute atomic E-state index is 6.03.